The first-order valence-corrected chi connectivity index (χ1v) is 12.5. The lowest BCUT2D eigenvalue weighted by Gasteiger charge is -2.14. The molecule has 1 unspecified atom stereocenters. The summed E-state index contributed by atoms with van der Waals surface area (Å²) in [6.07, 6.45) is -0.877. The molecule has 0 saturated carbocycles. The third-order valence-electron chi connectivity index (χ3n) is 5.18. The number of hydrogen-bond donors (Lipinski definition) is 3. The third kappa shape index (κ3) is 7.74. The molecule has 8 nitrogen and oxygen atoms in total. The number of ether oxygens (including phenoxy) is 1. The standard InChI is InChI=1S/C26H28N2O6S/c1-18-4-3-5-24(14-18)34-17-23(30)16-27-26(31)22-8-6-20(7-9-22)15-28-35(32,33)25-12-10-21(11-13-25)19(2)29/h3-14,23,28,30H,15-17H2,1-2H3,(H,27,31). The Balaban J connectivity index is 1.47. The van der Waals surface area contributed by atoms with E-state index in [0.29, 0.717) is 22.4 Å². The summed E-state index contributed by atoms with van der Waals surface area (Å²) in [6.45, 7) is 3.45. The molecule has 35 heavy (non-hydrogen) atoms. The zero-order valence-electron chi connectivity index (χ0n) is 19.5. The van der Waals surface area contributed by atoms with Crippen LogP contribution < -0.4 is 14.8 Å². The Bertz CT molecular complexity index is 1270. The van der Waals surface area contributed by atoms with Crippen LogP contribution in [0.25, 0.3) is 0 Å². The maximum absolute atomic E-state index is 12.5. The van der Waals surface area contributed by atoms with Gasteiger partial charge >= 0.3 is 0 Å². The first-order chi connectivity index (χ1) is 16.6. The number of carbonyl (C=O) groups excluding carboxylic acids is 2. The first kappa shape index (κ1) is 26.1. The molecule has 0 spiro atoms. The molecule has 3 rings (SSSR count). The molecule has 3 aromatic rings. The van der Waals surface area contributed by atoms with Gasteiger partial charge in [-0.25, -0.2) is 13.1 Å². The average Bonchev–Trinajstić information content (AvgIpc) is 2.85. The van der Waals surface area contributed by atoms with Crippen molar-refractivity contribution in [2.24, 2.45) is 0 Å². The van der Waals surface area contributed by atoms with Crippen molar-refractivity contribution in [2.75, 3.05) is 13.2 Å². The average molecular weight is 497 g/mol. The maximum atomic E-state index is 12.5. The Hall–Kier alpha value is -3.53. The summed E-state index contributed by atoms with van der Waals surface area (Å²) in [7, 11) is -3.75. The fraction of sp³-hybridized carbons (Fsp3) is 0.231. The van der Waals surface area contributed by atoms with Crippen LogP contribution in [0.15, 0.2) is 77.7 Å². The number of Topliss-reactive ketones (excluding diaryl/α,β-unsaturated/α-hetero) is 1. The summed E-state index contributed by atoms with van der Waals surface area (Å²) in [5.74, 6) is 0.142. The molecule has 1 atom stereocenters. The fourth-order valence-electron chi connectivity index (χ4n) is 3.17. The van der Waals surface area contributed by atoms with Crippen molar-refractivity contribution < 1.29 is 27.9 Å². The Labute approximate surface area is 205 Å². The minimum absolute atomic E-state index is 0.0224. The van der Waals surface area contributed by atoms with Gasteiger partial charge in [-0.05, 0) is 61.4 Å². The molecular weight excluding hydrogens is 468 g/mol. The van der Waals surface area contributed by atoms with E-state index in [9.17, 15) is 23.1 Å². The molecule has 0 heterocycles. The summed E-state index contributed by atoms with van der Waals surface area (Å²) in [6, 6.07) is 19.6. The molecule has 1 amide bonds. The van der Waals surface area contributed by atoms with E-state index in [4.69, 9.17) is 4.74 Å². The monoisotopic (exact) mass is 496 g/mol. The van der Waals surface area contributed by atoms with E-state index < -0.39 is 16.1 Å². The molecule has 0 saturated heterocycles. The van der Waals surface area contributed by atoms with Gasteiger partial charge < -0.3 is 15.2 Å². The quantitative estimate of drug-likeness (QED) is 0.351. The molecule has 0 aromatic heterocycles. The van der Waals surface area contributed by atoms with Gasteiger partial charge in [0.25, 0.3) is 5.91 Å². The lowest BCUT2D eigenvalue weighted by molar-refractivity contribution is 0.0843. The molecule has 0 fully saturated rings. The predicted octanol–water partition coefficient (Wildman–Crippen LogP) is 2.85. The van der Waals surface area contributed by atoms with Gasteiger partial charge in [-0.15, -0.1) is 0 Å². The maximum Gasteiger partial charge on any atom is 0.251 e. The van der Waals surface area contributed by atoms with Crippen LogP contribution in [0.2, 0.25) is 0 Å². The van der Waals surface area contributed by atoms with Gasteiger partial charge in [0.1, 0.15) is 18.5 Å². The second-order valence-electron chi connectivity index (χ2n) is 8.09. The van der Waals surface area contributed by atoms with Crippen LogP contribution in [-0.4, -0.2) is 44.5 Å². The molecule has 0 radical (unpaired) electrons. The van der Waals surface area contributed by atoms with Crippen molar-refractivity contribution in [3.05, 3.63) is 95.1 Å². The molecule has 0 aliphatic heterocycles. The Morgan fingerprint density at radius 2 is 1.63 bits per heavy atom. The molecule has 3 N–H and O–H groups in total. The van der Waals surface area contributed by atoms with Crippen molar-refractivity contribution in [2.45, 2.75) is 31.4 Å². The summed E-state index contributed by atoms with van der Waals surface area (Å²) in [5, 5.41) is 12.7. The van der Waals surface area contributed by atoms with Crippen molar-refractivity contribution in [1.82, 2.24) is 10.0 Å². The number of aliphatic hydroxyl groups is 1. The predicted molar refractivity (Wildman–Crippen MR) is 132 cm³/mol. The second kappa shape index (κ2) is 11.7. The van der Waals surface area contributed by atoms with E-state index in [1.54, 1.807) is 30.3 Å². The number of hydrogen-bond acceptors (Lipinski definition) is 6. The minimum Gasteiger partial charge on any atom is -0.491 e. The van der Waals surface area contributed by atoms with Gasteiger partial charge in [0, 0.05) is 24.2 Å². The number of aliphatic hydroxyl groups excluding tert-OH is 1. The van der Waals surface area contributed by atoms with E-state index in [0.717, 1.165) is 5.56 Å². The van der Waals surface area contributed by atoms with Gasteiger partial charge in [-0.3, -0.25) is 9.59 Å². The topological polar surface area (TPSA) is 122 Å². The molecule has 3 aromatic carbocycles. The van der Waals surface area contributed by atoms with Crippen LogP contribution in [0.5, 0.6) is 5.75 Å². The molecule has 184 valence electrons. The molecule has 0 aliphatic rings. The van der Waals surface area contributed by atoms with Crippen LogP contribution >= 0.6 is 0 Å². The number of rotatable bonds is 11. The number of amides is 1. The zero-order chi connectivity index (χ0) is 25.4. The first-order valence-electron chi connectivity index (χ1n) is 11.0. The number of aryl methyl sites for hydroxylation is 1. The van der Waals surface area contributed by atoms with Crippen LogP contribution in [0.3, 0.4) is 0 Å². The number of sulfonamides is 1. The Morgan fingerprint density at radius 3 is 2.26 bits per heavy atom. The van der Waals surface area contributed by atoms with E-state index >= 15 is 0 Å². The van der Waals surface area contributed by atoms with Crippen molar-refractivity contribution >= 4 is 21.7 Å². The van der Waals surface area contributed by atoms with Crippen LogP contribution in [-0.2, 0) is 16.6 Å². The molecule has 9 heteroatoms. The molecule has 0 aliphatic carbocycles. The number of benzene rings is 3. The lowest BCUT2D eigenvalue weighted by atomic mass is 10.1. The van der Waals surface area contributed by atoms with E-state index in [2.05, 4.69) is 10.0 Å². The van der Waals surface area contributed by atoms with Crippen LogP contribution in [0.1, 0.15) is 38.8 Å². The van der Waals surface area contributed by atoms with Crippen molar-refractivity contribution in [3.8, 4) is 5.75 Å². The third-order valence-corrected chi connectivity index (χ3v) is 6.60. The van der Waals surface area contributed by atoms with Gasteiger partial charge in [-0.2, -0.15) is 0 Å². The number of ketones is 1. The van der Waals surface area contributed by atoms with Crippen molar-refractivity contribution in [1.29, 1.82) is 0 Å². The highest BCUT2D eigenvalue weighted by molar-refractivity contribution is 7.89. The Kier molecular flexibility index (Phi) is 8.75. The van der Waals surface area contributed by atoms with Crippen LogP contribution in [0, 0.1) is 6.92 Å². The summed E-state index contributed by atoms with van der Waals surface area (Å²) in [5.41, 5.74) is 2.52. The van der Waals surface area contributed by atoms with Crippen molar-refractivity contribution in [3.63, 3.8) is 0 Å². The van der Waals surface area contributed by atoms with E-state index in [1.165, 1.54) is 31.2 Å². The number of nitrogens with one attached hydrogen (secondary N) is 2. The highest BCUT2D eigenvalue weighted by Crippen LogP contribution is 2.14. The Morgan fingerprint density at radius 1 is 0.971 bits per heavy atom. The fourth-order valence-corrected chi connectivity index (χ4v) is 4.19. The van der Waals surface area contributed by atoms with Gasteiger partial charge in [0.2, 0.25) is 10.0 Å². The molecular formula is C26H28N2O6S. The smallest absolute Gasteiger partial charge is 0.251 e. The van der Waals surface area contributed by atoms with Gasteiger partial charge in [-0.1, -0.05) is 36.4 Å². The SMILES string of the molecule is CC(=O)c1ccc(S(=O)(=O)NCc2ccc(C(=O)NCC(O)COc3cccc(C)c3)cc2)cc1. The largest absolute Gasteiger partial charge is 0.491 e. The van der Waals surface area contributed by atoms with Crippen LogP contribution in [0.4, 0.5) is 0 Å². The zero-order valence-corrected chi connectivity index (χ0v) is 20.3. The highest BCUT2D eigenvalue weighted by atomic mass is 32.2. The lowest BCUT2D eigenvalue weighted by Crippen LogP contribution is -2.35. The van der Waals surface area contributed by atoms with Gasteiger partial charge in [0.05, 0.1) is 4.90 Å². The van der Waals surface area contributed by atoms with Gasteiger partial charge in [0.15, 0.2) is 5.78 Å². The minimum atomic E-state index is -3.75. The molecule has 0 bridgehead atoms. The summed E-state index contributed by atoms with van der Waals surface area (Å²) in [4.78, 5) is 23.8. The van der Waals surface area contributed by atoms with E-state index in [1.807, 2.05) is 25.1 Å². The highest BCUT2D eigenvalue weighted by Gasteiger charge is 2.15. The summed E-state index contributed by atoms with van der Waals surface area (Å²) >= 11 is 0. The summed E-state index contributed by atoms with van der Waals surface area (Å²) < 4.78 is 33.0. The number of carbonyl (C=O) groups is 2. The van der Waals surface area contributed by atoms with E-state index in [-0.39, 0.29) is 36.3 Å². The second-order valence-corrected chi connectivity index (χ2v) is 9.86. The normalized spacial score (nSPS) is 12.1.